The third-order valence-corrected chi connectivity index (χ3v) is 11.2. The third kappa shape index (κ3) is 19.3. The Morgan fingerprint density at radius 3 is 2.59 bits per heavy atom. The Morgan fingerprint density at radius 2 is 1.91 bits per heavy atom. The number of halogens is 1. The fourth-order valence-electron chi connectivity index (χ4n) is 6.88. The summed E-state index contributed by atoms with van der Waals surface area (Å²) in [5.74, 6) is -0.805. The molecule has 2 N–H and O–H groups in total. The molecule has 0 aromatic carbocycles. The topological polar surface area (TPSA) is 147 Å². The van der Waals surface area contributed by atoms with Crippen LogP contribution >= 0.6 is 11.6 Å². The number of alkyl halides is 1. The Morgan fingerprint density at radius 1 is 1.14 bits per heavy atom. The molecule has 0 unspecified atom stereocenters. The molecule has 1 fully saturated rings. The second-order valence-corrected chi connectivity index (χ2v) is 20.6. The van der Waals surface area contributed by atoms with Crippen molar-refractivity contribution in [1.82, 2.24) is 5.32 Å². The van der Waals surface area contributed by atoms with E-state index in [1.54, 1.807) is 24.3 Å². The van der Waals surface area contributed by atoms with Gasteiger partial charge in [0.2, 0.25) is 0 Å². The first-order valence-corrected chi connectivity index (χ1v) is 24.4. The summed E-state index contributed by atoms with van der Waals surface area (Å²) < 4.78 is 29.0. The fourth-order valence-corrected chi connectivity index (χ4v) is 8.39. The van der Waals surface area contributed by atoms with Gasteiger partial charge in [-0.3, -0.25) is 9.59 Å². The van der Waals surface area contributed by atoms with Gasteiger partial charge in [-0.15, -0.1) is 11.6 Å². The maximum atomic E-state index is 12.5. The maximum absolute atomic E-state index is 12.5. The standard InChI is InChI=1S/C43H68ClNO10Si/c1-8-28-51-42(50)45-27-26-43(55-56(5,6)7,25-24-37-34(10-3)22-23-40(48)54-37)38(46)30-36(53-41(49)31-44)19-13-12-17-33-18-15-20-35(29-33)52-39(47)21-14-11-16-32(4)9-2/h8,12-13,17,19,22-25,32-38,46H,1,9-11,14-16,18,20-21,26-31H2,2-7H3,(H,45,50)/b17-12-,19-13-,25-24+/t32-,33+,34-,35-,36-,37-,38+,43-/m0/s1. The average Bonchev–Trinajstić information content (AvgIpc) is 3.15. The molecule has 0 saturated heterocycles. The first kappa shape index (κ1) is 49.0. The molecule has 0 spiro atoms. The summed E-state index contributed by atoms with van der Waals surface area (Å²) in [6.45, 7) is 16.0. The number of allylic oxidation sites excluding steroid dienone is 3. The van der Waals surface area contributed by atoms with Crippen molar-refractivity contribution < 1.29 is 47.7 Å². The molecule has 1 aliphatic heterocycles. The van der Waals surface area contributed by atoms with E-state index in [1.807, 2.05) is 38.7 Å². The fraction of sp³-hybridized carbons (Fsp3) is 0.674. The van der Waals surface area contributed by atoms with Crippen molar-refractivity contribution >= 4 is 43.9 Å². The molecule has 1 saturated carbocycles. The van der Waals surface area contributed by atoms with Gasteiger partial charge in [-0.2, -0.15) is 0 Å². The van der Waals surface area contributed by atoms with Crippen molar-refractivity contribution in [2.45, 2.75) is 147 Å². The summed E-state index contributed by atoms with van der Waals surface area (Å²) in [4.78, 5) is 49.6. The van der Waals surface area contributed by atoms with Crippen LogP contribution in [0, 0.1) is 17.8 Å². The minimum absolute atomic E-state index is 0.0335. The van der Waals surface area contributed by atoms with Crippen molar-refractivity contribution in [2.24, 2.45) is 17.8 Å². The zero-order valence-electron chi connectivity index (χ0n) is 34.6. The van der Waals surface area contributed by atoms with Gasteiger partial charge in [0.15, 0.2) is 8.32 Å². The van der Waals surface area contributed by atoms with Gasteiger partial charge in [-0.05, 0) is 88.6 Å². The lowest BCUT2D eigenvalue weighted by Gasteiger charge is -2.42. The summed E-state index contributed by atoms with van der Waals surface area (Å²) in [7, 11) is -2.43. The van der Waals surface area contributed by atoms with Crippen molar-refractivity contribution in [3.05, 3.63) is 61.3 Å². The average molecular weight is 823 g/mol. The van der Waals surface area contributed by atoms with Crippen LogP contribution in [-0.4, -0.2) is 86.5 Å². The predicted octanol–water partition coefficient (Wildman–Crippen LogP) is 8.67. The van der Waals surface area contributed by atoms with Crippen LogP contribution in [0.1, 0.15) is 97.8 Å². The first-order chi connectivity index (χ1) is 26.6. The van der Waals surface area contributed by atoms with E-state index in [0.29, 0.717) is 18.8 Å². The van der Waals surface area contributed by atoms with Gasteiger partial charge in [0.1, 0.15) is 36.4 Å². The summed E-state index contributed by atoms with van der Waals surface area (Å²) in [5, 5.41) is 14.8. The lowest BCUT2D eigenvalue weighted by atomic mass is 9.86. The van der Waals surface area contributed by atoms with E-state index < -0.39 is 50.3 Å². The zero-order chi connectivity index (χ0) is 41.6. The van der Waals surface area contributed by atoms with E-state index >= 15 is 0 Å². The van der Waals surface area contributed by atoms with Gasteiger partial charge in [-0.25, -0.2) is 9.59 Å². The molecule has 0 aromatic heterocycles. The van der Waals surface area contributed by atoms with Crippen molar-refractivity contribution in [2.75, 3.05) is 19.0 Å². The Labute approximate surface area is 341 Å². The normalized spacial score (nSPS) is 23.0. The highest BCUT2D eigenvalue weighted by Crippen LogP contribution is 2.33. The van der Waals surface area contributed by atoms with E-state index in [9.17, 15) is 24.3 Å². The third-order valence-electron chi connectivity index (χ3n) is 10.0. The molecule has 13 heteroatoms. The monoisotopic (exact) mass is 821 g/mol. The maximum Gasteiger partial charge on any atom is 0.407 e. The second kappa shape index (κ2) is 25.9. The lowest BCUT2D eigenvalue weighted by Crippen LogP contribution is -2.52. The highest BCUT2D eigenvalue weighted by atomic mass is 35.5. The molecular formula is C43H68ClNO10Si. The molecule has 0 bridgehead atoms. The molecule has 0 aromatic rings. The minimum atomic E-state index is -2.43. The van der Waals surface area contributed by atoms with Crippen molar-refractivity contribution in [3.8, 4) is 0 Å². The highest BCUT2D eigenvalue weighted by Gasteiger charge is 2.42. The zero-order valence-corrected chi connectivity index (χ0v) is 36.3. The number of rotatable bonds is 25. The van der Waals surface area contributed by atoms with Crippen LogP contribution in [0.2, 0.25) is 19.6 Å². The predicted molar refractivity (Wildman–Crippen MR) is 223 cm³/mol. The number of carbonyl (C=O) groups is 4. The molecule has 2 rings (SSSR count). The van der Waals surface area contributed by atoms with Crippen LogP contribution in [0.4, 0.5) is 4.79 Å². The minimum Gasteiger partial charge on any atom is -0.462 e. The Hall–Kier alpha value is -3.19. The van der Waals surface area contributed by atoms with Crippen LogP contribution in [0.5, 0.6) is 0 Å². The van der Waals surface area contributed by atoms with Crippen molar-refractivity contribution in [1.29, 1.82) is 0 Å². The number of hydrogen-bond donors (Lipinski definition) is 2. The number of hydrogen-bond acceptors (Lipinski definition) is 10. The summed E-state index contributed by atoms with van der Waals surface area (Å²) >= 11 is 5.84. The number of aliphatic hydroxyl groups is 1. The Balaban J connectivity index is 2.27. The van der Waals surface area contributed by atoms with Gasteiger partial charge in [0.05, 0.1) is 6.10 Å². The quantitative estimate of drug-likeness (QED) is 0.0175. The molecular weight excluding hydrogens is 754 g/mol. The summed E-state index contributed by atoms with van der Waals surface area (Å²) in [6.07, 6.45) is 21.0. The van der Waals surface area contributed by atoms with Gasteiger partial charge in [0, 0.05) is 31.4 Å². The van der Waals surface area contributed by atoms with Crippen LogP contribution in [0.15, 0.2) is 61.3 Å². The molecule has 0 radical (unpaired) electrons. The molecule has 1 amide bonds. The molecule has 8 atom stereocenters. The molecule has 11 nitrogen and oxygen atoms in total. The van der Waals surface area contributed by atoms with E-state index in [-0.39, 0.29) is 55.8 Å². The smallest absolute Gasteiger partial charge is 0.407 e. The number of aliphatic hydroxyl groups excluding tert-OH is 1. The summed E-state index contributed by atoms with van der Waals surface area (Å²) in [5.41, 5.74) is -1.39. The lowest BCUT2D eigenvalue weighted by molar-refractivity contribution is -0.151. The summed E-state index contributed by atoms with van der Waals surface area (Å²) in [6, 6.07) is 0. The SMILES string of the molecule is C=CCOC(=O)NCC[C@](/C=C/[C@@H]1OC(=O)C=C[C@@H]1CC)(O[Si](C)(C)C)[C@H](O)C[C@H](/C=C\C=C/[C@@H]1CCC[C@H](OC(=O)CCCC[C@@H](C)CC)C1)OC(=O)CCl. The number of amides is 1. The Kier molecular flexibility index (Phi) is 22.7. The molecule has 316 valence electrons. The van der Waals surface area contributed by atoms with Crippen LogP contribution in [-0.2, 0) is 37.8 Å². The highest BCUT2D eigenvalue weighted by molar-refractivity contribution is 6.69. The molecule has 2 aliphatic rings. The molecule has 1 heterocycles. The van der Waals surface area contributed by atoms with E-state index in [1.165, 1.54) is 12.2 Å². The van der Waals surface area contributed by atoms with E-state index in [4.69, 9.17) is 35.0 Å². The Bertz CT molecular complexity index is 1360. The second-order valence-electron chi connectivity index (χ2n) is 15.9. The van der Waals surface area contributed by atoms with E-state index in [2.05, 4.69) is 31.8 Å². The number of cyclic esters (lactones) is 1. The number of ether oxygens (including phenoxy) is 4. The van der Waals surface area contributed by atoms with Gasteiger partial charge >= 0.3 is 24.0 Å². The number of nitrogens with one attached hydrogen (secondary N) is 1. The van der Waals surface area contributed by atoms with Crippen LogP contribution in [0.3, 0.4) is 0 Å². The molecule has 56 heavy (non-hydrogen) atoms. The van der Waals surface area contributed by atoms with Crippen LogP contribution < -0.4 is 5.32 Å². The van der Waals surface area contributed by atoms with Gasteiger partial charge < -0.3 is 33.8 Å². The number of unbranched alkanes of at least 4 members (excludes halogenated alkanes) is 1. The molecule has 1 aliphatic carbocycles. The number of alkyl carbamates (subject to hydrolysis) is 1. The van der Waals surface area contributed by atoms with Crippen LogP contribution in [0.25, 0.3) is 0 Å². The van der Waals surface area contributed by atoms with E-state index in [0.717, 1.165) is 51.4 Å². The van der Waals surface area contributed by atoms with Gasteiger partial charge in [0.25, 0.3) is 0 Å². The largest absolute Gasteiger partial charge is 0.462 e. The first-order valence-electron chi connectivity index (χ1n) is 20.4. The number of carbonyl (C=O) groups excluding carboxylic acids is 4. The number of esters is 3. The van der Waals surface area contributed by atoms with Gasteiger partial charge in [-0.1, -0.05) is 83.1 Å². The van der Waals surface area contributed by atoms with Crippen molar-refractivity contribution in [3.63, 3.8) is 0 Å².